The Labute approximate surface area is 59.8 Å². The van der Waals surface area contributed by atoms with E-state index >= 15 is 0 Å². The smallest absolute Gasteiger partial charge is 0.390 e. The maximum Gasteiger partial charge on any atom is 0.663 e. The summed E-state index contributed by atoms with van der Waals surface area (Å²) in [4.78, 5) is 42.1. The molecule has 0 amide bonds. The molecule has 0 unspecified atom stereocenters. The average Bonchev–Trinajstić information content (AvgIpc) is 1.60. The lowest BCUT2D eigenvalue weighted by Gasteiger charge is -2.19. The fourth-order valence-corrected chi connectivity index (χ4v) is 2.62. The summed E-state index contributed by atoms with van der Waals surface area (Å²) in [5, 5.41) is 0. The van der Waals surface area contributed by atoms with Crippen molar-refractivity contribution in [2.45, 2.75) is 13.0 Å². The standard InChI is InChI=1S/C2H10O6Si2/c1-2-9(3,4)8-10(5,6)7/h3-7H,2H2,1H3. The Bertz CT molecular complexity index is 107. The van der Waals surface area contributed by atoms with E-state index in [0.717, 1.165) is 0 Å². The molecule has 0 saturated heterocycles. The predicted octanol–water partition coefficient (Wildman–Crippen LogP) is -2.64. The maximum absolute atomic E-state index is 8.69. The zero-order valence-corrected chi connectivity index (χ0v) is 7.35. The molecule has 0 aromatic carbocycles. The van der Waals surface area contributed by atoms with E-state index in [9.17, 15) is 0 Å². The van der Waals surface area contributed by atoms with Gasteiger partial charge >= 0.3 is 17.9 Å². The van der Waals surface area contributed by atoms with Crippen LogP contribution in [0.15, 0.2) is 0 Å². The lowest BCUT2D eigenvalue weighted by Crippen LogP contribution is -2.52. The Kier molecular flexibility index (Phi) is 3.12. The number of hydrogen-bond donors (Lipinski definition) is 5. The summed E-state index contributed by atoms with van der Waals surface area (Å²) in [6.07, 6.45) is 0. The summed E-state index contributed by atoms with van der Waals surface area (Å²) >= 11 is 0. The van der Waals surface area contributed by atoms with Gasteiger partial charge in [0.1, 0.15) is 0 Å². The third-order valence-corrected chi connectivity index (χ3v) is 4.09. The highest BCUT2D eigenvalue weighted by molar-refractivity contribution is 6.68. The summed E-state index contributed by atoms with van der Waals surface area (Å²) in [6, 6.07) is -0.135. The Morgan fingerprint density at radius 3 is 1.60 bits per heavy atom. The Hall–Kier alpha value is 0.194. The molecule has 0 aliphatic carbocycles. The third kappa shape index (κ3) is 5.02. The second kappa shape index (κ2) is 3.06. The van der Waals surface area contributed by atoms with Gasteiger partial charge in [-0.05, 0) is 0 Å². The summed E-state index contributed by atoms with van der Waals surface area (Å²) in [5.41, 5.74) is 0. The molecule has 0 saturated carbocycles. The van der Waals surface area contributed by atoms with Crippen LogP contribution < -0.4 is 0 Å². The zero-order valence-electron chi connectivity index (χ0n) is 5.35. The average molecular weight is 186 g/mol. The van der Waals surface area contributed by atoms with Gasteiger partial charge in [0.05, 0.1) is 0 Å². The van der Waals surface area contributed by atoms with Crippen molar-refractivity contribution in [3.8, 4) is 0 Å². The first kappa shape index (κ1) is 10.2. The van der Waals surface area contributed by atoms with Crippen molar-refractivity contribution in [3.63, 3.8) is 0 Å². The first-order chi connectivity index (χ1) is 4.27. The molecule has 0 bridgehead atoms. The molecule has 5 N–H and O–H groups in total. The molecule has 0 atom stereocenters. The van der Waals surface area contributed by atoms with E-state index in [1.54, 1.807) is 0 Å². The van der Waals surface area contributed by atoms with E-state index in [2.05, 4.69) is 4.12 Å². The van der Waals surface area contributed by atoms with Gasteiger partial charge < -0.3 is 28.1 Å². The highest BCUT2D eigenvalue weighted by atomic mass is 28.5. The van der Waals surface area contributed by atoms with Gasteiger partial charge in [-0.25, -0.2) is 0 Å². The van der Waals surface area contributed by atoms with Gasteiger partial charge in [-0.3, -0.25) is 0 Å². The van der Waals surface area contributed by atoms with Crippen LogP contribution in [0.1, 0.15) is 6.92 Å². The summed E-state index contributed by atoms with van der Waals surface area (Å²) in [5.74, 6) is 0. The molecule has 0 aliphatic heterocycles. The van der Waals surface area contributed by atoms with Gasteiger partial charge in [0.2, 0.25) is 0 Å². The van der Waals surface area contributed by atoms with Gasteiger partial charge in [0.15, 0.2) is 0 Å². The van der Waals surface area contributed by atoms with Gasteiger partial charge in [0, 0.05) is 6.04 Å². The van der Waals surface area contributed by atoms with Crippen LogP contribution >= 0.6 is 0 Å². The van der Waals surface area contributed by atoms with Crippen LogP contribution in [0, 0.1) is 0 Å². The summed E-state index contributed by atoms with van der Waals surface area (Å²) in [6.45, 7) is 1.40. The zero-order chi connectivity index (χ0) is 8.41. The molecular weight excluding hydrogens is 176 g/mol. The van der Waals surface area contributed by atoms with Gasteiger partial charge in [-0.15, -0.1) is 0 Å². The predicted molar refractivity (Wildman–Crippen MR) is 34.2 cm³/mol. The lowest BCUT2D eigenvalue weighted by molar-refractivity contribution is 0.0837. The van der Waals surface area contributed by atoms with E-state index in [-0.39, 0.29) is 6.04 Å². The highest BCUT2D eigenvalue weighted by Crippen LogP contribution is 2.05. The van der Waals surface area contributed by atoms with Crippen LogP contribution in [0.25, 0.3) is 0 Å². The van der Waals surface area contributed by atoms with Crippen LogP contribution in [0.3, 0.4) is 0 Å². The first-order valence-electron chi connectivity index (χ1n) is 2.59. The van der Waals surface area contributed by atoms with Crippen molar-refractivity contribution in [1.82, 2.24) is 0 Å². The molecule has 8 heteroatoms. The minimum absolute atomic E-state index is 0.135. The van der Waals surface area contributed by atoms with E-state index in [0.29, 0.717) is 0 Å². The summed E-state index contributed by atoms with van der Waals surface area (Å²) in [7, 11) is -8.75. The molecule has 0 heterocycles. The quantitative estimate of drug-likeness (QED) is 0.308. The minimum atomic E-state index is -4.75. The molecule has 10 heavy (non-hydrogen) atoms. The van der Waals surface area contributed by atoms with Crippen molar-refractivity contribution >= 4 is 17.9 Å². The van der Waals surface area contributed by atoms with Crippen LogP contribution in [0.2, 0.25) is 6.04 Å². The fourth-order valence-electron chi connectivity index (χ4n) is 0.291. The molecule has 0 aromatic heterocycles. The molecule has 0 fully saturated rings. The molecule has 6 nitrogen and oxygen atoms in total. The van der Waals surface area contributed by atoms with Crippen molar-refractivity contribution < 1.29 is 28.1 Å². The maximum atomic E-state index is 8.69. The van der Waals surface area contributed by atoms with E-state index < -0.39 is 17.9 Å². The van der Waals surface area contributed by atoms with Crippen LogP contribution in [0.5, 0.6) is 0 Å². The minimum Gasteiger partial charge on any atom is -0.390 e. The van der Waals surface area contributed by atoms with Crippen molar-refractivity contribution in [3.05, 3.63) is 0 Å². The lowest BCUT2D eigenvalue weighted by atomic mass is 11.0. The van der Waals surface area contributed by atoms with Crippen molar-refractivity contribution in [2.75, 3.05) is 0 Å². The SMILES string of the molecule is CC[Si](O)(O)O[Si](O)(O)O. The molecular formula is C2H10O6Si2. The second-order valence-corrected chi connectivity index (χ2v) is 5.93. The van der Waals surface area contributed by atoms with Gasteiger partial charge in [-0.1, -0.05) is 6.92 Å². The Balaban J connectivity index is 3.89. The molecule has 0 aliphatic rings. The van der Waals surface area contributed by atoms with Crippen LogP contribution in [-0.2, 0) is 4.12 Å². The van der Waals surface area contributed by atoms with E-state index in [1.165, 1.54) is 6.92 Å². The monoisotopic (exact) mass is 186 g/mol. The third-order valence-electron chi connectivity index (χ3n) is 0.761. The van der Waals surface area contributed by atoms with E-state index in [1.807, 2.05) is 0 Å². The Morgan fingerprint density at radius 1 is 1.10 bits per heavy atom. The van der Waals surface area contributed by atoms with Crippen LogP contribution in [-0.4, -0.2) is 41.8 Å². The van der Waals surface area contributed by atoms with Crippen molar-refractivity contribution in [2.24, 2.45) is 0 Å². The first-order valence-corrected chi connectivity index (χ1v) is 6.35. The molecule has 62 valence electrons. The highest BCUT2D eigenvalue weighted by Gasteiger charge is 2.44. The normalized spacial score (nSPS) is 13.8. The number of hydrogen-bond acceptors (Lipinski definition) is 6. The van der Waals surface area contributed by atoms with Crippen LogP contribution in [0.4, 0.5) is 0 Å². The topological polar surface area (TPSA) is 110 Å². The Morgan fingerprint density at radius 2 is 1.50 bits per heavy atom. The van der Waals surface area contributed by atoms with Crippen molar-refractivity contribution in [1.29, 1.82) is 0 Å². The van der Waals surface area contributed by atoms with Gasteiger partial charge in [-0.2, -0.15) is 0 Å². The second-order valence-electron chi connectivity index (χ2n) is 1.77. The van der Waals surface area contributed by atoms with Gasteiger partial charge in [0.25, 0.3) is 0 Å². The fraction of sp³-hybridized carbons (Fsp3) is 1.00. The molecule has 0 spiro atoms. The summed E-state index contributed by atoms with van der Waals surface area (Å²) < 4.78 is 3.83. The molecule has 0 radical (unpaired) electrons. The molecule has 0 aromatic rings. The number of rotatable bonds is 3. The van der Waals surface area contributed by atoms with E-state index in [4.69, 9.17) is 24.0 Å². The largest absolute Gasteiger partial charge is 0.663 e. The molecule has 0 rings (SSSR count).